The number of hydrogen-bond acceptors (Lipinski definition) is 2. The van der Waals surface area contributed by atoms with E-state index in [9.17, 15) is 14.3 Å². The van der Waals surface area contributed by atoms with Crippen molar-refractivity contribution in [3.05, 3.63) is 35.1 Å². The van der Waals surface area contributed by atoms with Crippen molar-refractivity contribution in [1.29, 1.82) is 0 Å². The molecule has 0 spiro atoms. The molecule has 3 heteroatoms. The third kappa shape index (κ3) is 2.17. The molecule has 0 aliphatic heterocycles. The first kappa shape index (κ1) is 10.9. The van der Waals surface area contributed by atoms with E-state index in [0.29, 0.717) is 11.1 Å². The zero-order valence-electron chi connectivity index (χ0n) is 8.47. The van der Waals surface area contributed by atoms with Gasteiger partial charge in [0.25, 0.3) is 0 Å². The third-order valence-electron chi connectivity index (χ3n) is 1.98. The molecule has 14 heavy (non-hydrogen) atoms. The monoisotopic (exact) mass is 196 g/mol. The lowest BCUT2D eigenvalue weighted by Gasteiger charge is -2.15. The van der Waals surface area contributed by atoms with Crippen molar-refractivity contribution in [3.63, 3.8) is 0 Å². The Hall–Kier alpha value is -1.22. The minimum atomic E-state index is -1.41. The molecular weight excluding hydrogens is 183 g/mol. The zero-order chi connectivity index (χ0) is 10.9. The molecular formula is C11H13FO2. The molecule has 0 aromatic heterocycles. The molecule has 0 atom stereocenters. The number of halogens is 1. The van der Waals surface area contributed by atoms with E-state index < -0.39 is 11.4 Å². The number of aryl methyl sites for hydroxylation is 1. The number of carbonyl (C=O) groups is 1. The summed E-state index contributed by atoms with van der Waals surface area (Å²) in [6.45, 7) is 4.40. The largest absolute Gasteiger partial charge is 0.382 e. The second-order valence-corrected chi connectivity index (χ2v) is 3.85. The number of carbonyl (C=O) groups excluding carboxylic acids is 1. The number of aliphatic hydroxyl groups is 1. The molecule has 76 valence electrons. The van der Waals surface area contributed by atoms with Crippen LogP contribution < -0.4 is 0 Å². The molecule has 1 N–H and O–H groups in total. The molecule has 0 fully saturated rings. The lowest BCUT2D eigenvalue weighted by atomic mass is 9.96. The lowest BCUT2D eigenvalue weighted by Crippen LogP contribution is -2.31. The van der Waals surface area contributed by atoms with Crippen molar-refractivity contribution in [3.8, 4) is 0 Å². The quantitative estimate of drug-likeness (QED) is 0.735. The first-order valence-corrected chi connectivity index (χ1v) is 4.35. The van der Waals surface area contributed by atoms with Gasteiger partial charge in [-0.1, -0.05) is 0 Å². The Labute approximate surface area is 82.4 Å². The zero-order valence-corrected chi connectivity index (χ0v) is 8.47. The molecule has 0 saturated carbocycles. The second-order valence-electron chi connectivity index (χ2n) is 3.85. The fourth-order valence-corrected chi connectivity index (χ4v) is 1.14. The summed E-state index contributed by atoms with van der Waals surface area (Å²) < 4.78 is 12.9. The number of hydrogen-bond donors (Lipinski definition) is 1. The Balaban J connectivity index is 3.10. The van der Waals surface area contributed by atoms with Gasteiger partial charge in [0.2, 0.25) is 0 Å². The van der Waals surface area contributed by atoms with Gasteiger partial charge in [-0.3, -0.25) is 4.79 Å². The van der Waals surface area contributed by atoms with Crippen molar-refractivity contribution in [2.75, 3.05) is 0 Å². The molecule has 0 heterocycles. The van der Waals surface area contributed by atoms with E-state index >= 15 is 0 Å². The van der Waals surface area contributed by atoms with E-state index in [1.165, 1.54) is 32.0 Å². The molecule has 0 saturated heterocycles. The summed E-state index contributed by atoms with van der Waals surface area (Å²) >= 11 is 0. The Kier molecular flexibility index (Phi) is 2.71. The van der Waals surface area contributed by atoms with Crippen molar-refractivity contribution < 1.29 is 14.3 Å². The predicted octanol–water partition coefficient (Wildman–Crippen LogP) is 2.09. The Morgan fingerprint density at radius 3 is 2.43 bits per heavy atom. The van der Waals surface area contributed by atoms with Gasteiger partial charge in [-0.25, -0.2) is 4.39 Å². The summed E-state index contributed by atoms with van der Waals surface area (Å²) in [6, 6.07) is 4.05. The van der Waals surface area contributed by atoms with Gasteiger partial charge in [0, 0.05) is 5.56 Å². The highest BCUT2D eigenvalue weighted by Crippen LogP contribution is 2.15. The van der Waals surface area contributed by atoms with Crippen molar-refractivity contribution in [2.45, 2.75) is 26.4 Å². The van der Waals surface area contributed by atoms with E-state index in [1.54, 1.807) is 6.92 Å². The first-order valence-electron chi connectivity index (χ1n) is 4.35. The maximum Gasteiger partial charge on any atom is 0.193 e. The topological polar surface area (TPSA) is 37.3 Å². The van der Waals surface area contributed by atoms with Crippen LogP contribution in [0.2, 0.25) is 0 Å². The summed E-state index contributed by atoms with van der Waals surface area (Å²) in [4.78, 5) is 11.6. The van der Waals surface area contributed by atoms with Gasteiger partial charge in [-0.05, 0) is 44.5 Å². The third-order valence-corrected chi connectivity index (χ3v) is 1.98. The molecule has 0 unspecified atom stereocenters. The van der Waals surface area contributed by atoms with Gasteiger partial charge >= 0.3 is 0 Å². The molecule has 1 aromatic carbocycles. The number of rotatable bonds is 2. The average molecular weight is 196 g/mol. The summed E-state index contributed by atoms with van der Waals surface area (Å²) in [7, 11) is 0. The highest BCUT2D eigenvalue weighted by molar-refractivity contribution is 6.01. The van der Waals surface area contributed by atoms with Crippen LogP contribution in [0.4, 0.5) is 4.39 Å². The highest BCUT2D eigenvalue weighted by Gasteiger charge is 2.25. The number of benzene rings is 1. The van der Waals surface area contributed by atoms with Crippen LogP contribution in [0.1, 0.15) is 29.8 Å². The molecule has 0 aliphatic carbocycles. The normalized spacial score (nSPS) is 11.5. The van der Waals surface area contributed by atoms with E-state index in [0.717, 1.165) is 0 Å². The van der Waals surface area contributed by atoms with Gasteiger partial charge in [0.15, 0.2) is 5.78 Å². The molecule has 1 rings (SSSR count). The van der Waals surface area contributed by atoms with Gasteiger partial charge in [-0.2, -0.15) is 0 Å². The number of ketones is 1. The summed E-state index contributed by atoms with van der Waals surface area (Å²) in [5, 5.41) is 9.46. The molecule has 0 aliphatic rings. The summed E-state index contributed by atoms with van der Waals surface area (Å²) in [5.74, 6) is -0.752. The van der Waals surface area contributed by atoms with Crippen molar-refractivity contribution in [1.82, 2.24) is 0 Å². The van der Waals surface area contributed by atoms with Gasteiger partial charge in [-0.15, -0.1) is 0 Å². The molecule has 1 aromatic rings. The lowest BCUT2D eigenvalue weighted by molar-refractivity contribution is 0.0488. The summed E-state index contributed by atoms with van der Waals surface area (Å²) in [6.07, 6.45) is 0. The van der Waals surface area contributed by atoms with Crippen LogP contribution in [0.15, 0.2) is 18.2 Å². The van der Waals surface area contributed by atoms with Gasteiger partial charge in [0.05, 0.1) is 0 Å². The molecule has 2 nitrogen and oxygen atoms in total. The first-order chi connectivity index (χ1) is 6.32. The molecule has 0 amide bonds. The van der Waals surface area contributed by atoms with Gasteiger partial charge < -0.3 is 5.11 Å². The molecule has 0 bridgehead atoms. The van der Waals surface area contributed by atoms with Crippen LogP contribution >= 0.6 is 0 Å². The van der Waals surface area contributed by atoms with Crippen LogP contribution in [0.5, 0.6) is 0 Å². The van der Waals surface area contributed by atoms with Crippen LogP contribution in [-0.2, 0) is 0 Å². The molecule has 0 radical (unpaired) electrons. The Morgan fingerprint density at radius 2 is 2.00 bits per heavy atom. The fraction of sp³-hybridized carbons (Fsp3) is 0.364. The number of Topliss-reactive ketones (excluding diaryl/α,β-unsaturated/α-hetero) is 1. The van der Waals surface area contributed by atoms with Crippen LogP contribution in [-0.4, -0.2) is 16.5 Å². The van der Waals surface area contributed by atoms with E-state index in [-0.39, 0.29) is 5.82 Å². The van der Waals surface area contributed by atoms with E-state index in [1.807, 2.05) is 0 Å². The van der Waals surface area contributed by atoms with Crippen LogP contribution in [0, 0.1) is 12.7 Å². The standard InChI is InChI=1S/C11H13FO2/c1-7-6-8(4-5-9(7)12)10(13)11(2,3)14/h4-6,14H,1-3H3. The predicted molar refractivity (Wildman–Crippen MR) is 51.8 cm³/mol. The van der Waals surface area contributed by atoms with Crippen molar-refractivity contribution >= 4 is 5.78 Å². The van der Waals surface area contributed by atoms with E-state index in [4.69, 9.17) is 0 Å². The maximum atomic E-state index is 12.9. The van der Waals surface area contributed by atoms with Gasteiger partial charge in [0.1, 0.15) is 11.4 Å². The average Bonchev–Trinajstić information content (AvgIpc) is 2.07. The maximum absolute atomic E-state index is 12.9. The van der Waals surface area contributed by atoms with Crippen molar-refractivity contribution in [2.24, 2.45) is 0 Å². The fourth-order valence-electron chi connectivity index (χ4n) is 1.14. The Bertz CT molecular complexity index is 364. The summed E-state index contributed by atoms with van der Waals surface area (Å²) in [5.41, 5.74) is -0.680. The minimum Gasteiger partial charge on any atom is -0.382 e. The minimum absolute atomic E-state index is 0.330. The second kappa shape index (κ2) is 3.50. The van der Waals surface area contributed by atoms with E-state index in [2.05, 4.69) is 0 Å². The Morgan fingerprint density at radius 1 is 1.43 bits per heavy atom. The van der Waals surface area contributed by atoms with Crippen LogP contribution in [0.3, 0.4) is 0 Å². The van der Waals surface area contributed by atoms with Crippen LogP contribution in [0.25, 0.3) is 0 Å². The smallest absolute Gasteiger partial charge is 0.193 e. The SMILES string of the molecule is Cc1cc(C(=O)C(C)(C)O)ccc1F. The highest BCUT2D eigenvalue weighted by atomic mass is 19.1.